The molecular weight excluding hydrogens is 246 g/mol. The van der Waals surface area contributed by atoms with E-state index >= 15 is 0 Å². The van der Waals surface area contributed by atoms with Gasteiger partial charge in [0.1, 0.15) is 0 Å². The third kappa shape index (κ3) is 1.53. The van der Waals surface area contributed by atoms with Crippen LogP contribution in [-0.4, -0.2) is 5.21 Å². The summed E-state index contributed by atoms with van der Waals surface area (Å²) in [4.78, 5) is 0. The lowest BCUT2D eigenvalue weighted by Crippen LogP contribution is -2.99. The van der Waals surface area contributed by atoms with Crippen LogP contribution in [0.5, 0.6) is 0 Å². The molecular formula is C10H8BrNO2. The van der Waals surface area contributed by atoms with E-state index in [2.05, 4.69) is 15.9 Å². The molecule has 3 nitrogen and oxygen atoms in total. The maximum Gasteiger partial charge on any atom is 0.172 e. The summed E-state index contributed by atoms with van der Waals surface area (Å²) in [7, 11) is 0. The summed E-state index contributed by atoms with van der Waals surface area (Å²) in [6.45, 7) is 0. The van der Waals surface area contributed by atoms with Crippen LogP contribution in [0.15, 0.2) is 40.9 Å². The molecule has 4 heteroatoms. The van der Waals surface area contributed by atoms with E-state index in [0.29, 0.717) is 5.69 Å². The smallest absolute Gasteiger partial charge is 0.172 e. The number of nitrogens with one attached hydrogen (secondary N) is 1. The fraction of sp³-hybridized carbons (Fsp3) is 0. The first kappa shape index (κ1) is 9.61. The molecule has 2 aliphatic carbocycles. The molecule has 1 unspecified atom stereocenters. The maximum atomic E-state index is 10.9. The summed E-state index contributed by atoms with van der Waals surface area (Å²) in [5.74, 6) is 0. The van der Waals surface area contributed by atoms with Crippen LogP contribution < -0.4 is 5.23 Å². The Morgan fingerprint density at radius 2 is 1.79 bits per heavy atom. The van der Waals surface area contributed by atoms with E-state index in [1.54, 1.807) is 6.07 Å². The fourth-order valence-electron chi connectivity index (χ4n) is 1.45. The highest BCUT2D eigenvalue weighted by molar-refractivity contribution is 9.10. The van der Waals surface area contributed by atoms with Gasteiger partial charge >= 0.3 is 0 Å². The first-order valence-corrected chi connectivity index (χ1v) is 4.90. The summed E-state index contributed by atoms with van der Waals surface area (Å²) in [5, 5.41) is 19.0. The molecule has 2 rings (SSSR count). The third-order valence-electron chi connectivity index (χ3n) is 2.09. The summed E-state index contributed by atoms with van der Waals surface area (Å²) in [6.07, 6.45) is 0. The van der Waals surface area contributed by atoms with Crippen molar-refractivity contribution >= 4 is 21.6 Å². The van der Waals surface area contributed by atoms with E-state index in [0.717, 1.165) is 15.6 Å². The molecule has 0 aromatic rings. The lowest BCUT2D eigenvalue weighted by atomic mass is 10.2. The van der Waals surface area contributed by atoms with Crippen LogP contribution in [0.2, 0.25) is 0 Å². The second-order valence-electron chi connectivity index (χ2n) is 2.95. The zero-order valence-electron chi connectivity index (χ0n) is 7.20. The number of quaternary nitrogens is 1. The van der Waals surface area contributed by atoms with Gasteiger partial charge in [-0.15, -0.1) is 0 Å². The van der Waals surface area contributed by atoms with Crippen molar-refractivity contribution in [1.29, 1.82) is 0 Å². The topological polar surface area (TPSA) is 47.7 Å². The highest BCUT2D eigenvalue weighted by Gasteiger charge is 2.17. The minimum atomic E-state index is -0.896. The van der Waals surface area contributed by atoms with Crippen molar-refractivity contribution in [3.05, 3.63) is 46.1 Å². The van der Waals surface area contributed by atoms with Crippen molar-refractivity contribution in [3.8, 4) is 11.1 Å². The second kappa shape index (κ2) is 3.67. The summed E-state index contributed by atoms with van der Waals surface area (Å²) >= 11 is 3.34. The van der Waals surface area contributed by atoms with Crippen LogP contribution >= 0.6 is 15.9 Å². The number of hydrogen-bond donors (Lipinski definition) is 2. The zero-order chi connectivity index (χ0) is 10.1. The van der Waals surface area contributed by atoms with E-state index in [1.807, 2.05) is 30.3 Å². The average Bonchev–Trinajstić information content (AvgIpc) is 2.38. The van der Waals surface area contributed by atoms with Gasteiger partial charge in [0.15, 0.2) is 5.69 Å². The van der Waals surface area contributed by atoms with Crippen LogP contribution in [0.25, 0.3) is 11.1 Å². The van der Waals surface area contributed by atoms with Gasteiger partial charge in [0.05, 0.1) is 0 Å². The van der Waals surface area contributed by atoms with Crippen molar-refractivity contribution in [3.63, 3.8) is 0 Å². The minimum Gasteiger partial charge on any atom is -0.595 e. The molecule has 0 saturated carbocycles. The molecule has 0 fully saturated rings. The molecule has 0 aromatic carbocycles. The van der Waals surface area contributed by atoms with Gasteiger partial charge in [-0.05, 0) is 22.0 Å². The predicted molar refractivity (Wildman–Crippen MR) is 56.5 cm³/mol. The first-order valence-electron chi connectivity index (χ1n) is 4.10. The van der Waals surface area contributed by atoms with Crippen molar-refractivity contribution in [2.75, 3.05) is 0 Å². The Hall–Kier alpha value is -0.940. The van der Waals surface area contributed by atoms with Gasteiger partial charge in [0.2, 0.25) is 0 Å². The van der Waals surface area contributed by atoms with Gasteiger partial charge in [-0.25, -0.2) is 5.21 Å². The van der Waals surface area contributed by atoms with Crippen molar-refractivity contribution in [2.45, 2.75) is 0 Å². The van der Waals surface area contributed by atoms with Crippen LogP contribution in [0.4, 0.5) is 5.69 Å². The highest BCUT2D eigenvalue weighted by atomic mass is 79.9. The third-order valence-corrected chi connectivity index (χ3v) is 2.74. The summed E-state index contributed by atoms with van der Waals surface area (Å²) < 4.78 is 0.820. The predicted octanol–water partition coefficient (Wildman–Crippen LogP) is 1.96. The van der Waals surface area contributed by atoms with Crippen LogP contribution in [0, 0.1) is 5.21 Å². The Morgan fingerprint density at radius 1 is 1.14 bits per heavy atom. The summed E-state index contributed by atoms with van der Waals surface area (Å²) in [6, 6.07) is 10.9. The van der Waals surface area contributed by atoms with E-state index in [-0.39, 0.29) is 0 Å². The lowest BCUT2D eigenvalue weighted by Gasteiger charge is -2.10. The Labute approximate surface area is 89.6 Å². The molecule has 0 amide bonds. The zero-order valence-corrected chi connectivity index (χ0v) is 8.78. The lowest BCUT2D eigenvalue weighted by molar-refractivity contribution is -0.990. The Balaban J connectivity index is 2.70. The fourth-order valence-corrected chi connectivity index (χ4v) is 2.02. The van der Waals surface area contributed by atoms with Gasteiger partial charge in [0.25, 0.3) is 0 Å². The molecule has 1 atom stereocenters. The number of rotatable bonds is 1. The Bertz CT molecular complexity index is 431. The van der Waals surface area contributed by atoms with Gasteiger partial charge in [-0.2, -0.15) is 5.23 Å². The minimum absolute atomic E-state index is 0.336. The van der Waals surface area contributed by atoms with E-state index < -0.39 is 5.23 Å². The van der Waals surface area contributed by atoms with Crippen LogP contribution in [0.3, 0.4) is 0 Å². The Morgan fingerprint density at radius 3 is 2.43 bits per heavy atom. The van der Waals surface area contributed by atoms with Gasteiger partial charge in [-0.3, -0.25) is 0 Å². The van der Waals surface area contributed by atoms with Crippen LogP contribution in [0.1, 0.15) is 0 Å². The number of halogens is 1. The van der Waals surface area contributed by atoms with E-state index in [9.17, 15) is 5.21 Å². The number of hydrogen-bond acceptors (Lipinski definition) is 2. The molecule has 14 heavy (non-hydrogen) atoms. The van der Waals surface area contributed by atoms with Gasteiger partial charge in [0, 0.05) is 21.7 Å². The summed E-state index contributed by atoms with van der Waals surface area (Å²) in [5.41, 5.74) is 2.02. The molecule has 0 heterocycles. The monoisotopic (exact) mass is 253 g/mol. The molecule has 0 saturated heterocycles. The van der Waals surface area contributed by atoms with Crippen molar-refractivity contribution in [2.24, 2.45) is 0 Å². The largest absolute Gasteiger partial charge is 0.595 e. The SMILES string of the molecule is [O-][NH+](O)c1cc(Br)c2cccccc1-2. The molecule has 2 aliphatic rings. The Kier molecular flexibility index (Phi) is 2.52. The molecule has 2 N–H and O–H groups in total. The molecule has 0 radical (unpaired) electrons. The average molecular weight is 254 g/mol. The maximum absolute atomic E-state index is 10.9. The van der Waals surface area contributed by atoms with E-state index in [1.165, 1.54) is 0 Å². The molecule has 0 aromatic heterocycles. The van der Waals surface area contributed by atoms with Gasteiger partial charge in [-0.1, -0.05) is 24.3 Å². The molecule has 0 aliphatic heterocycles. The number of fused-ring (bicyclic) bond motifs is 1. The van der Waals surface area contributed by atoms with E-state index in [4.69, 9.17) is 5.21 Å². The second-order valence-corrected chi connectivity index (χ2v) is 3.80. The van der Waals surface area contributed by atoms with Gasteiger partial charge < -0.3 is 5.21 Å². The quantitative estimate of drug-likeness (QED) is 0.764. The first-order chi connectivity index (χ1) is 6.70. The standard InChI is InChI=1S/C10H8BrNO2/c11-9-6-10(12(13)14)8-5-3-1-2-4-7(8)9/h1-6,12-13H. The highest BCUT2D eigenvalue weighted by Crippen LogP contribution is 2.36. The normalized spacial score (nSPS) is 13.1. The molecule has 72 valence electrons. The van der Waals surface area contributed by atoms with Crippen molar-refractivity contribution < 1.29 is 10.4 Å². The molecule has 0 spiro atoms. The van der Waals surface area contributed by atoms with Crippen molar-refractivity contribution in [1.82, 2.24) is 0 Å². The molecule has 0 bridgehead atoms. The van der Waals surface area contributed by atoms with Crippen LogP contribution in [-0.2, 0) is 0 Å².